The molecule has 0 spiro atoms. The first-order chi connectivity index (χ1) is 10.8. The van der Waals surface area contributed by atoms with E-state index in [-0.39, 0.29) is 0 Å². The highest BCUT2D eigenvalue weighted by Gasteiger charge is 2.14. The van der Waals surface area contributed by atoms with E-state index in [0.717, 1.165) is 27.8 Å². The normalized spacial score (nSPS) is 11.1. The summed E-state index contributed by atoms with van der Waals surface area (Å²) in [7, 11) is 0. The van der Waals surface area contributed by atoms with E-state index in [4.69, 9.17) is 5.10 Å². The highest BCUT2D eigenvalue weighted by Crippen LogP contribution is 2.25. The van der Waals surface area contributed by atoms with Gasteiger partial charge >= 0.3 is 0 Å². The Kier molecular flexibility index (Phi) is 3.20. The molecule has 0 radical (unpaired) electrons. The minimum absolute atomic E-state index is 0.809. The molecule has 0 atom stereocenters. The van der Waals surface area contributed by atoms with Crippen LogP contribution in [0.25, 0.3) is 16.3 Å². The van der Waals surface area contributed by atoms with Crippen molar-refractivity contribution in [2.24, 2.45) is 0 Å². The van der Waals surface area contributed by atoms with Gasteiger partial charge in [0.05, 0.1) is 0 Å². The molecule has 0 bridgehead atoms. The fourth-order valence-electron chi connectivity index (χ4n) is 2.49. The van der Waals surface area contributed by atoms with Crippen molar-refractivity contribution in [2.75, 3.05) is 0 Å². The van der Waals surface area contributed by atoms with Crippen molar-refractivity contribution in [2.45, 2.75) is 13.3 Å². The van der Waals surface area contributed by atoms with Gasteiger partial charge in [-0.3, -0.25) is 0 Å². The third-order valence-electron chi connectivity index (χ3n) is 3.62. The smallest absolute Gasteiger partial charge is 0.183 e. The van der Waals surface area contributed by atoms with Gasteiger partial charge in [-0.15, -0.1) is 10.2 Å². The summed E-state index contributed by atoms with van der Waals surface area (Å²) in [4.78, 5) is 0.837. The number of aromatic nitrogens is 4. The third-order valence-corrected chi connectivity index (χ3v) is 4.52. The van der Waals surface area contributed by atoms with Crippen LogP contribution in [-0.2, 0) is 6.42 Å². The molecule has 0 amide bonds. The third kappa shape index (κ3) is 2.29. The van der Waals surface area contributed by atoms with E-state index in [1.807, 2.05) is 34.8 Å². The van der Waals surface area contributed by atoms with E-state index >= 15 is 0 Å². The quantitative estimate of drug-likeness (QED) is 0.579. The predicted molar refractivity (Wildman–Crippen MR) is 88.1 cm³/mol. The lowest BCUT2D eigenvalue weighted by atomic mass is 10.1. The SMILES string of the molecule is Cc1ccccc1-c1nnc2sc(Cc3ccccc3)nn12. The highest BCUT2D eigenvalue weighted by atomic mass is 32.1. The molecule has 4 rings (SSSR count). The van der Waals surface area contributed by atoms with Crippen LogP contribution in [0.15, 0.2) is 54.6 Å². The maximum atomic E-state index is 4.70. The van der Waals surface area contributed by atoms with Crippen molar-refractivity contribution < 1.29 is 0 Å². The van der Waals surface area contributed by atoms with Gasteiger partial charge in [-0.05, 0) is 18.1 Å². The van der Waals surface area contributed by atoms with E-state index in [1.54, 1.807) is 11.3 Å². The molecule has 0 N–H and O–H groups in total. The molecule has 0 saturated carbocycles. The van der Waals surface area contributed by atoms with E-state index in [1.165, 1.54) is 11.1 Å². The fourth-order valence-corrected chi connectivity index (χ4v) is 3.36. The first-order valence-electron chi connectivity index (χ1n) is 7.12. The molecule has 4 nitrogen and oxygen atoms in total. The van der Waals surface area contributed by atoms with Crippen LogP contribution in [-0.4, -0.2) is 19.8 Å². The molecule has 0 aliphatic carbocycles. The Labute approximate surface area is 132 Å². The molecule has 0 aliphatic heterocycles. The van der Waals surface area contributed by atoms with Crippen LogP contribution in [0.4, 0.5) is 0 Å². The number of nitrogens with zero attached hydrogens (tertiary/aromatic N) is 4. The summed E-state index contributed by atoms with van der Waals surface area (Å²) < 4.78 is 1.85. The van der Waals surface area contributed by atoms with Gasteiger partial charge in [0.2, 0.25) is 4.96 Å². The zero-order chi connectivity index (χ0) is 14.9. The van der Waals surface area contributed by atoms with E-state index < -0.39 is 0 Å². The molecule has 5 heteroatoms. The van der Waals surface area contributed by atoms with Crippen molar-refractivity contribution in [3.8, 4) is 11.4 Å². The Morgan fingerprint density at radius 1 is 0.955 bits per heavy atom. The Morgan fingerprint density at radius 3 is 2.55 bits per heavy atom. The largest absolute Gasteiger partial charge is 0.234 e. The van der Waals surface area contributed by atoms with E-state index in [0.29, 0.717) is 0 Å². The molecule has 22 heavy (non-hydrogen) atoms. The maximum absolute atomic E-state index is 4.70. The van der Waals surface area contributed by atoms with Crippen molar-refractivity contribution in [3.05, 3.63) is 70.7 Å². The van der Waals surface area contributed by atoms with Gasteiger partial charge in [0.1, 0.15) is 5.01 Å². The summed E-state index contributed by atoms with van der Waals surface area (Å²) >= 11 is 1.59. The first-order valence-corrected chi connectivity index (χ1v) is 7.94. The van der Waals surface area contributed by atoms with Crippen LogP contribution in [0.5, 0.6) is 0 Å². The fraction of sp³-hybridized carbons (Fsp3) is 0.118. The van der Waals surface area contributed by atoms with Gasteiger partial charge in [0.15, 0.2) is 5.82 Å². The molecule has 0 unspecified atom stereocenters. The minimum Gasteiger partial charge on any atom is -0.183 e. The molecule has 2 aromatic heterocycles. The van der Waals surface area contributed by atoms with Gasteiger partial charge in [-0.2, -0.15) is 9.61 Å². The van der Waals surface area contributed by atoms with Crippen molar-refractivity contribution >= 4 is 16.3 Å². The molecule has 0 fully saturated rings. The van der Waals surface area contributed by atoms with Gasteiger partial charge in [0, 0.05) is 12.0 Å². The zero-order valence-corrected chi connectivity index (χ0v) is 12.9. The molecular formula is C17H14N4S. The van der Waals surface area contributed by atoms with E-state index in [2.05, 4.69) is 41.4 Å². The van der Waals surface area contributed by atoms with Gasteiger partial charge < -0.3 is 0 Å². The number of benzene rings is 2. The molecule has 2 aromatic carbocycles. The standard InChI is InChI=1S/C17H14N4S/c1-12-7-5-6-10-14(12)16-18-19-17-21(16)20-15(22-17)11-13-8-3-2-4-9-13/h2-10H,11H2,1H3. The lowest BCUT2D eigenvalue weighted by molar-refractivity contribution is 0.917. The van der Waals surface area contributed by atoms with Gasteiger partial charge in [-0.25, -0.2) is 0 Å². The van der Waals surface area contributed by atoms with Crippen LogP contribution in [0.1, 0.15) is 16.1 Å². The molecule has 0 aliphatic rings. The summed E-state index contributed by atoms with van der Waals surface area (Å²) in [6.07, 6.45) is 0.822. The summed E-state index contributed by atoms with van der Waals surface area (Å²) in [6, 6.07) is 18.5. The number of hydrogen-bond donors (Lipinski definition) is 0. The average molecular weight is 306 g/mol. The van der Waals surface area contributed by atoms with Crippen LogP contribution in [0.2, 0.25) is 0 Å². The monoisotopic (exact) mass is 306 g/mol. The minimum atomic E-state index is 0.809. The molecule has 4 aromatic rings. The van der Waals surface area contributed by atoms with Crippen LogP contribution < -0.4 is 0 Å². The second-order valence-corrected chi connectivity index (χ2v) is 6.23. The first kappa shape index (κ1) is 13.2. The summed E-state index contributed by atoms with van der Waals surface area (Å²) in [5, 5.41) is 14.3. The Balaban J connectivity index is 1.75. The second kappa shape index (κ2) is 5.35. The maximum Gasteiger partial charge on any atom is 0.234 e. The van der Waals surface area contributed by atoms with Crippen LogP contribution >= 0.6 is 11.3 Å². The van der Waals surface area contributed by atoms with Crippen LogP contribution in [0, 0.1) is 6.92 Å². The number of fused-ring (bicyclic) bond motifs is 1. The lowest BCUT2D eigenvalue weighted by Crippen LogP contribution is -1.94. The Morgan fingerprint density at radius 2 is 1.73 bits per heavy atom. The lowest BCUT2D eigenvalue weighted by Gasteiger charge is -2.01. The Bertz CT molecular complexity index is 924. The summed E-state index contributed by atoms with van der Waals surface area (Å²) in [5.41, 5.74) is 3.51. The summed E-state index contributed by atoms with van der Waals surface area (Å²) in [5.74, 6) is 0.809. The molecule has 0 saturated heterocycles. The number of aryl methyl sites for hydroxylation is 1. The second-order valence-electron chi connectivity index (χ2n) is 5.19. The predicted octanol–water partition coefficient (Wildman–Crippen LogP) is 3.75. The van der Waals surface area contributed by atoms with Crippen molar-refractivity contribution in [3.63, 3.8) is 0 Å². The highest BCUT2D eigenvalue weighted by molar-refractivity contribution is 7.16. The molecule has 108 valence electrons. The van der Waals surface area contributed by atoms with Crippen molar-refractivity contribution in [1.29, 1.82) is 0 Å². The average Bonchev–Trinajstić information content (AvgIpc) is 3.09. The zero-order valence-electron chi connectivity index (χ0n) is 12.1. The topological polar surface area (TPSA) is 43.1 Å². The molecule has 2 heterocycles. The van der Waals surface area contributed by atoms with Gasteiger partial charge in [0.25, 0.3) is 0 Å². The van der Waals surface area contributed by atoms with E-state index in [9.17, 15) is 0 Å². The number of rotatable bonds is 3. The van der Waals surface area contributed by atoms with Crippen LogP contribution in [0.3, 0.4) is 0 Å². The Hall–Kier alpha value is -2.53. The van der Waals surface area contributed by atoms with Gasteiger partial charge in [-0.1, -0.05) is 65.9 Å². The van der Waals surface area contributed by atoms with Crippen molar-refractivity contribution in [1.82, 2.24) is 19.8 Å². The number of hydrogen-bond acceptors (Lipinski definition) is 4. The molecular weight excluding hydrogens is 292 g/mol. The summed E-state index contributed by atoms with van der Waals surface area (Å²) in [6.45, 7) is 2.08.